The maximum Gasteiger partial charge on any atom is 0.227 e. The van der Waals surface area contributed by atoms with Crippen LogP contribution in [0.25, 0.3) is 44.1 Å². The lowest BCUT2D eigenvalue weighted by atomic mass is 9.94. The molecule has 0 N–H and O–H groups in total. The zero-order chi connectivity index (χ0) is 30.6. The highest BCUT2D eigenvalue weighted by atomic mass is 32.1. The van der Waals surface area contributed by atoms with E-state index in [1.165, 1.54) is 104 Å². The van der Waals surface area contributed by atoms with Gasteiger partial charge in [-0.2, -0.15) is 12.6 Å². The molecule has 0 fully saturated rings. The number of aryl methyl sites for hydroxylation is 2. The van der Waals surface area contributed by atoms with Crippen molar-refractivity contribution in [1.29, 1.82) is 0 Å². The van der Waals surface area contributed by atoms with Gasteiger partial charge in [-0.15, -0.1) is 0 Å². The fourth-order valence-electron chi connectivity index (χ4n) is 6.32. The molecule has 5 aromatic rings. The zero-order valence-corrected chi connectivity index (χ0v) is 27.9. The van der Waals surface area contributed by atoms with Gasteiger partial charge >= 0.3 is 0 Å². The number of ether oxygens (including phenoxy) is 1. The van der Waals surface area contributed by atoms with Crippen LogP contribution >= 0.6 is 12.6 Å². The number of aromatic nitrogens is 1. The molecule has 1 heterocycles. The van der Waals surface area contributed by atoms with Crippen LogP contribution in [-0.2, 0) is 12.8 Å². The van der Waals surface area contributed by atoms with Crippen molar-refractivity contribution in [2.75, 3.05) is 12.4 Å². The standard InChI is InChI=1S/C40H51NO2S/c1-3-5-7-9-11-13-16-30-18-24-34-36(28-30)37-29-31(17-14-12-10-8-6-4-2)19-25-35(37)39-38(34)41-40(43-39)32-20-22-33(23-21-32)42-26-15-27-44/h18-25,28-29,44H,3-17,26-27H2,1-2H3. The zero-order valence-electron chi connectivity index (χ0n) is 27.0. The molecule has 0 radical (unpaired) electrons. The Morgan fingerprint density at radius 1 is 0.614 bits per heavy atom. The normalized spacial score (nSPS) is 11.7. The Morgan fingerprint density at radius 2 is 1.18 bits per heavy atom. The number of unbranched alkanes of at least 4 members (excludes halogenated alkanes) is 10. The van der Waals surface area contributed by atoms with Crippen LogP contribution in [0.1, 0.15) is 108 Å². The summed E-state index contributed by atoms with van der Waals surface area (Å²) >= 11 is 4.27. The second kappa shape index (κ2) is 16.9. The molecule has 0 bridgehead atoms. The minimum atomic E-state index is 0.656. The quantitative estimate of drug-likeness (QED) is 0.0574. The molecule has 4 aromatic carbocycles. The first-order chi connectivity index (χ1) is 21.7. The third kappa shape index (κ3) is 8.38. The van der Waals surface area contributed by atoms with E-state index in [0.29, 0.717) is 12.5 Å². The van der Waals surface area contributed by atoms with Gasteiger partial charge in [0.25, 0.3) is 0 Å². The maximum absolute atomic E-state index is 6.57. The van der Waals surface area contributed by atoms with E-state index >= 15 is 0 Å². The van der Waals surface area contributed by atoms with Crippen LogP contribution in [0.4, 0.5) is 0 Å². The van der Waals surface area contributed by atoms with Gasteiger partial charge in [0.05, 0.1) is 6.61 Å². The SMILES string of the molecule is CCCCCCCCc1ccc2c(c1)c1cc(CCCCCCCC)ccc1c1oc(-c3ccc(OCCCS)cc3)nc21. The third-order valence-electron chi connectivity index (χ3n) is 8.90. The van der Waals surface area contributed by atoms with Crippen molar-refractivity contribution in [3.63, 3.8) is 0 Å². The molecule has 3 nitrogen and oxygen atoms in total. The fraction of sp³-hybridized carbons (Fsp3) is 0.475. The first-order valence-corrected chi connectivity index (χ1v) is 18.0. The highest BCUT2D eigenvalue weighted by Gasteiger charge is 2.17. The van der Waals surface area contributed by atoms with Gasteiger partial charge in [-0.25, -0.2) is 4.98 Å². The van der Waals surface area contributed by atoms with Crippen molar-refractivity contribution < 1.29 is 9.15 Å². The number of benzene rings is 4. The predicted octanol–water partition coefficient (Wildman–Crippen LogP) is 12.3. The van der Waals surface area contributed by atoms with E-state index in [4.69, 9.17) is 14.1 Å². The highest BCUT2D eigenvalue weighted by molar-refractivity contribution is 7.80. The van der Waals surface area contributed by atoms with E-state index < -0.39 is 0 Å². The van der Waals surface area contributed by atoms with Gasteiger partial charge in [-0.3, -0.25) is 0 Å². The summed E-state index contributed by atoms with van der Waals surface area (Å²) in [5.41, 5.74) is 5.64. The van der Waals surface area contributed by atoms with Crippen molar-refractivity contribution >= 4 is 45.3 Å². The monoisotopic (exact) mass is 609 g/mol. The molecule has 0 unspecified atom stereocenters. The lowest BCUT2D eigenvalue weighted by Crippen LogP contribution is -1.97. The van der Waals surface area contributed by atoms with Gasteiger partial charge < -0.3 is 9.15 Å². The Kier molecular flexibility index (Phi) is 12.5. The molecule has 4 heteroatoms. The minimum Gasteiger partial charge on any atom is -0.494 e. The average molecular weight is 610 g/mol. The second-order valence-electron chi connectivity index (χ2n) is 12.4. The van der Waals surface area contributed by atoms with Crippen molar-refractivity contribution in [1.82, 2.24) is 4.98 Å². The number of hydrogen-bond donors (Lipinski definition) is 1. The fourth-order valence-corrected chi connectivity index (χ4v) is 6.45. The van der Waals surface area contributed by atoms with E-state index in [0.717, 1.165) is 52.8 Å². The van der Waals surface area contributed by atoms with E-state index in [1.54, 1.807) is 0 Å². The minimum absolute atomic E-state index is 0.656. The Labute approximate surface area is 270 Å². The lowest BCUT2D eigenvalue weighted by molar-refractivity contribution is 0.319. The second-order valence-corrected chi connectivity index (χ2v) is 12.9. The number of thiol groups is 1. The number of oxazole rings is 1. The lowest BCUT2D eigenvalue weighted by Gasteiger charge is -2.10. The molecule has 234 valence electrons. The van der Waals surface area contributed by atoms with Gasteiger partial charge in [-0.05, 0) is 84.0 Å². The van der Waals surface area contributed by atoms with Crippen molar-refractivity contribution in [3.05, 3.63) is 71.8 Å². The van der Waals surface area contributed by atoms with Crippen molar-refractivity contribution in [2.24, 2.45) is 0 Å². The molecule has 0 aliphatic carbocycles. The first kappa shape index (κ1) is 32.4. The number of nitrogens with zero attached hydrogens (tertiary/aromatic N) is 1. The topological polar surface area (TPSA) is 35.3 Å². The summed E-state index contributed by atoms with van der Waals surface area (Å²) in [6.07, 6.45) is 19.0. The van der Waals surface area contributed by atoms with Crippen LogP contribution in [0.5, 0.6) is 5.75 Å². The van der Waals surface area contributed by atoms with Crippen LogP contribution in [-0.4, -0.2) is 17.3 Å². The molecular weight excluding hydrogens is 559 g/mol. The van der Waals surface area contributed by atoms with Gasteiger partial charge in [0.15, 0.2) is 5.58 Å². The summed E-state index contributed by atoms with van der Waals surface area (Å²) < 4.78 is 12.4. The Balaban J connectivity index is 1.46. The molecule has 0 saturated heterocycles. The van der Waals surface area contributed by atoms with Gasteiger partial charge in [0.2, 0.25) is 5.89 Å². The highest BCUT2D eigenvalue weighted by Crippen LogP contribution is 2.38. The molecule has 0 aliphatic rings. The van der Waals surface area contributed by atoms with E-state index in [1.807, 2.05) is 24.3 Å². The van der Waals surface area contributed by atoms with E-state index in [2.05, 4.69) is 62.9 Å². The predicted molar refractivity (Wildman–Crippen MR) is 193 cm³/mol. The van der Waals surface area contributed by atoms with E-state index in [9.17, 15) is 0 Å². The molecule has 0 saturated carbocycles. The Bertz CT molecular complexity index is 1510. The van der Waals surface area contributed by atoms with Crippen molar-refractivity contribution in [3.8, 4) is 17.2 Å². The third-order valence-corrected chi connectivity index (χ3v) is 9.21. The van der Waals surface area contributed by atoms with Crippen molar-refractivity contribution in [2.45, 2.75) is 110 Å². The molecule has 0 amide bonds. The largest absolute Gasteiger partial charge is 0.494 e. The van der Waals surface area contributed by atoms with Crippen LogP contribution in [0.2, 0.25) is 0 Å². The summed E-state index contributed by atoms with van der Waals surface area (Å²) in [4.78, 5) is 5.09. The van der Waals surface area contributed by atoms with Gasteiger partial charge in [-0.1, -0.05) is 114 Å². The van der Waals surface area contributed by atoms with Gasteiger partial charge in [0.1, 0.15) is 11.3 Å². The Hall–Kier alpha value is -2.98. The Morgan fingerprint density at radius 3 is 1.80 bits per heavy atom. The molecular formula is C40H51NO2S. The summed E-state index contributed by atoms with van der Waals surface area (Å²) in [6.45, 7) is 5.24. The molecule has 1 aromatic heterocycles. The summed E-state index contributed by atoms with van der Waals surface area (Å²) in [6, 6.07) is 22.1. The molecule has 5 rings (SSSR count). The molecule has 0 aliphatic heterocycles. The number of hydrogen-bond acceptors (Lipinski definition) is 4. The van der Waals surface area contributed by atoms with Gasteiger partial charge in [0, 0.05) is 16.3 Å². The van der Waals surface area contributed by atoms with Crippen LogP contribution in [0, 0.1) is 0 Å². The number of fused-ring (bicyclic) bond motifs is 6. The van der Waals surface area contributed by atoms with Crippen LogP contribution < -0.4 is 4.74 Å². The van der Waals surface area contributed by atoms with Crippen LogP contribution in [0.15, 0.2) is 65.1 Å². The molecule has 0 atom stereocenters. The molecule has 44 heavy (non-hydrogen) atoms. The summed E-state index contributed by atoms with van der Waals surface area (Å²) in [5, 5.41) is 4.92. The maximum atomic E-state index is 6.57. The number of rotatable bonds is 19. The smallest absolute Gasteiger partial charge is 0.227 e. The molecule has 0 spiro atoms. The summed E-state index contributed by atoms with van der Waals surface area (Å²) in [7, 11) is 0. The van der Waals surface area contributed by atoms with Crippen LogP contribution in [0.3, 0.4) is 0 Å². The average Bonchev–Trinajstić information content (AvgIpc) is 3.51. The summed E-state index contributed by atoms with van der Waals surface area (Å²) in [5.74, 6) is 2.34. The first-order valence-electron chi connectivity index (χ1n) is 17.3. The van der Waals surface area contributed by atoms with E-state index in [-0.39, 0.29) is 0 Å².